The van der Waals surface area contributed by atoms with Gasteiger partial charge in [-0.2, -0.15) is 0 Å². The molecular weight excluding hydrogens is 202 g/mol. The first-order chi connectivity index (χ1) is 7.69. The first kappa shape index (κ1) is 13.3. The molecule has 0 aromatic carbocycles. The van der Waals surface area contributed by atoms with E-state index in [1.165, 1.54) is 0 Å². The van der Waals surface area contributed by atoms with Crippen LogP contribution in [0, 0.1) is 0 Å². The lowest BCUT2D eigenvalue weighted by molar-refractivity contribution is 0.152. The SMILES string of the molecule is CCCN(C(=O)NCC)C1CCC(N)CC1. The molecule has 0 bridgehead atoms. The minimum absolute atomic E-state index is 0.0878. The van der Waals surface area contributed by atoms with Gasteiger partial charge in [0.05, 0.1) is 0 Å². The van der Waals surface area contributed by atoms with E-state index in [1.807, 2.05) is 11.8 Å². The molecule has 2 amide bonds. The fourth-order valence-electron chi connectivity index (χ4n) is 2.36. The van der Waals surface area contributed by atoms with Gasteiger partial charge in [0.25, 0.3) is 0 Å². The normalized spacial score (nSPS) is 25.2. The zero-order valence-corrected chi connectivity index (χ0v) is 10.5. The van der Waals surface area contributed by atoms with Crippen LogP contribution in [0.1, 0.15) is 46.0 Å². The zero-order valence-electron chi connectivity index (χ0n) is 10.5. The largest absolute Gasteiger partial charge is 0.338 e. The highest BCUT2D eigenvalue weighted by atomic mass is 16.2. The van der Waals surface area contributed by atoms with Crippen LogP contribution in [0.15, 0.2) is 0 Å². The molecule has 0 radical (unpaired) electrons. The third-order valence-corrected chi connectivity index (χ3v) is 3.24. The van der Waals surface area contributed by atoms with Crippen LogP contribution in [0.3, 0.4) is 0 Å². The molecule has 0 unspecified atom stereocenters. The number of hydrogen-bond acceptors (Lipinski definition) is 2. The van der Waals surface area contributed by atoms with Gasteiger partial charge in [-0.3, -0.25) is 0 Å². The van der Waals surface area contributed by atoms with Crippen molar-refractivity contribution in [1.29, 1.82) is 0 Å². The molecule has 3 N–H and O–H groups in total. The van der Waals surface area contributed by atoms with Gasteiger partial charge in [0.2, 0.25) is 0 Å². The summed E-state index contributed by atoms with van der Waals surface area (Å²) in [5.41, 5.74) is 5.89. The maximum Gasteiger partial charge on any atom is 0.317 e. The van der Waals surface area contributed by atoms with E-state index < -0.39 is 0 Å². The van der Waals surface area contributed by atoms with Crippen molar-refractivity contribution in [1.82, 2.24) is 10.2 Å². The van der Waals surface area contributed by atoms with Crippen LogP contribution in [0.2, 0.25) is 0 Å². The third kappa shape index (κ3) is 3.67. The van der Waals surface area contributed by atoms with Crippen molar-refractivity contribution in [3.63, 3.8) is 0 Å². The summed E-state index contributed by atoms with van der Waals surface area (Å²) in [5, 5.41) is 2.89. The van der Waals surface area contributed by atoms with E-state index in [2.05, 4.69) is 12.2 Å². The van der Waals surface area contributed by atoms with Crippen LogP contribution in [0.25, 0.3) is 0 Å². The Bertz CT molecular complexity index is 212. The first-order valence-corrected chi connectivity index (χ1v) is 6.49. The predicted molar refractivity (Wildman–Crippen MR) is 66.3 cm³/mol. The van der Waals surface area contributed by atoms with Gasteiger partial charge in [0, 0.05) is 25.2 Å². The molecule has 1 aliphatic rings. The molecule has 94 valence electrons. The van der Waals surface area contributed by atoms with Gasteiger partial charge in [-0.15, -0.1) is 0 Å². The van der Waals surface area contributed by atoms with E-state index in [9.17, 15) is 4.79 Å². The Balaban J connectivity index is 2.51. The van der Waals surface area contributed by atoms with Crippen molar-refractivity contribution in [3.8, 4) is 0 Å². The van der Waals surface area contributed by atoms with E-state index in [0.717, 1.165) is 38.6 Å². The first-order valence-electron chi connectivity index (χ1n) is 6.49. The Morgan fingerprint density at radius 2 is 1.94 bits per heavy atom. The highest BCUT2D eigenvalue weighted by Crippen LogP contribution is 2.22. The van der Waals surface area contributed by atoms with Gasteiger partial charge < -0.3 is 16.0 Å². The summed E-state index contributed by atoms with van der Waals surface area (Å²) in [5.74, 6) is 0. The Hall–Kier alpha value is -0.770. The topological polar surface area (TPSA) is 58.4 Å². The van der Waals surface area contributed by atoms with Crippen LogP contribution in [0.4, 0.5) is 4.79 Å². The summed E-state index contributed by atoms with van der Waals surface area (Å²) >= 11 is 0. The molecule has 1 fully saturated rings. The van der Waals surface area contributed by atoms with E-state index in [1.54, 1.807) is 0 Å². The molecule has 0 atom stereocenters. The van der Waals surface area contributed by atoms with Gasteiger partial charge in [-0.25, -0.2) is 4.79 Å². The number of carbonyl (C=O) groups excluding carboxylic acids is 1. The highest BCUT2D eigenvalue weighted by Gasteiger charge is 2.26. The average Bonchev–Trinajstić information content (AvgIpc) is 2.28. The zero-order chi connectivity index (χ0) is 12.0. The van der Waals surface area contributed by atoms with Crippen molar-refractivity contribution in [2.45, 2.75) is 58.0 Å². The van der Waals surface area contributed by atoms with Gasteiger partial charge in [0.15, 0.2) is 0 Å². The van der Waals surface area contributed by atoms with Gasteiger partial charge in [-0.05, 0) is 39.0 Å². The quantitative estimate of drug-likeness (QED) is 0.768. The van der Waals surface area contributed by atoms with Crippen molar-refractivity contribution >= 4 is 6.03 Å². The summed E-state index contributed by atoms with van der Waals surface area (Å²) < 4.78 is 0. The summed E-state index contributed by atoms with van der Waals surface area (Å²) in [7, 11) is 0. The van der Waals surface area contributed by atoms with Crippen LogP contribution in [0.5, 0.6) is 0 Å². The van der Waals surface area contributed by atoms with Crippen LogP contribution in [-0.2, 0) is 0 Å². The summed E-state index contributed by atoms with van der Waals surface area (Å²) in [6.45, 7) is 5.62. The predicted octanol–water partition coefficient (Wildman–Crippen LogP) is 1.70. The van der Waals surface area contributed by atoms with Crippen molar-refractivity contribution in [2.24, 2.45) is 5.73 Å². The Morgan fingerprint density at radius 3 is 2.44 bits per heavy atom. The molecule has 16 heavy (non-hydrogen) atoms. The van der Waals surface area contributed by atoms with E-state index in [0.29, 0.717) is 18.6 Å². The summed E-state index contributed by atoms with van der Waals surface area (Å²) in [4.78, 5) is 13.9. The summed E-state index contributed by atoms with van der Waals surface area (Å²) in [6.07, 6.45) is 5.21. The number of nitrogens with two attached hydrogens (primary N) is 1. The van der Waals surface area contributed by atoms with Crippen LogP contribution >= 0.6 is 0 Å². The molecule has 0 saturated heterocycles. The number of urea groups is 1. The molecule has 4 nitrogen and oxygen atoms in total. The number of amides is 2. The van der Waals surface area contributed by atoms with Crippen molar-refractivity contribution in [3.05, 3.63) is 0 Å². The molecule has 0 heterocycles. The van der Waals surface area contributed by atoms with Gasteiger partial charge in [0.1, 0.15) is 0 Å². The lowest BCUT2D eigenvalue weighted by atomic mass is 9.91. The number of carbonyl (C=O) groups is 1. The monoisotopic (exact) mass is 227 g/mol. The number of nitrogens with zero attached hydrogens (tertiary/aromatic N) is 1. The minimum Gasteiger partial charge on any atom is -0.338 e. The molecule has 1 rings (SSSR count). The summed E-state index contributed by atoms with van der Waals surface area (Å²) in [6, 6.07) is 0.824. The lowest BCUT2D eigenvalue weighted by Gasteiger charge is -2.35. The number of hydrogen-bond donors (Lipinski definition) is 2. The molecule has 1 saturated carbocycles. The fraction of sp³-hybridized carbons (Fsp3) is 0.917. The second-order valence-corrected chi connectivity index (χ2v) is 4.60. The molecule has 0 spiro atoms. The maximum absolute atomic E-state index is 11.9. The maximum atomic E-state index is 11.9. The molecule has 0 aromatic heterocycles. The molecular formula is C12H25N3O. The Kier molecular flexibility index (Phi) is 5.60. The third-order valence-electron chi connectivity index (χ3n) is 3.24. The standard InChI is InChI=1S/C12H25N3O/c1-3-9-15(12(16)14-4-2)11-7-5-10(13)6-8-11/h10-11H,3-9,13H2,1-2H3,(H,14,16). The van der Waals surface area contributed by atoms with E-state index in [-0.39, 0.29) is 6.03 Å². The fourth-order valence-corrected chi connectivity index (χ4v) is 2.36. The molecule has 1 aliphatic carbocycles. The minimum atomic E-state index is 0.0878. The smallest absolute Gasteiger partial charge is 0.317 e. The van der Waals surface area contributed by atoms with Crippen LogP contribution < -0.4 is 11.1 Å². The second kappa shape index (κ2) is 6.74. The number of rotatable bonds is 4. The Morgan fingerprint density at radius 1 is 1.31 bits per heavy atom. The van der Waals surface area contributed by atoms with Crippen molar-refractivity contribution < 1.29 is 4.79 Å². The van der Waals surface area contributed by atoms with E-state index in [4.69, 9.17) is 5.73 Å². The van der Waals surface area contributed by atoms with E-state index >= 15 is 0 Å². The molecule has 0 aliphatic heterocycles. The lowest BCUT2D eigenvalue weighted by Crippen LogP contribution is -2.48. The Labute approximate surface area is 98.6 Å². The second-order valence-electron chi connectivity index (χ2n) is 4.60. The average molecular weight is 227 g/mol. The van der Waals surface area contributed by atoms with Gasteiger partial charge in [-0.1, -0.05) is 6.92 Å². The van der Waals surface area contributed by atoms with Gasteiger partial charge >= 0.3 is 6.03 Å². The van der Waals surface area contributed by atoms with Crippen LogP contribution in [-0.4, -0.2) is 36.1 Å². The molecule has 0 aromatic rings. The van der Waals surface area contributed by atoms with Crippen molar-refractivity contribution in [2.75, 3.05) is 13.1 Å². The number of nitrogens with one attached hydrogen (secondary N) is 1. The molecule has 4 heteroatoms. The highest BCUT2D eigenvalue weighted by molar-refractivity contribution is 5.74.